The number of rotatable bonds is 3. The van der Waals surface area contributed by atoms with E-state index >= 15 is 0 Å². The molecular weight excluding hydrogens is 192 g/mol. The Hall–Kier alpha value is -1.58. The molecule has 4 nitrogen and oxygen atoms in total. The van der Waals surface area contributed by atoms with Crippen LogP contribution < -0.4 is 5.73 Å². The minimum absolute atomic E-state index is 0.105. The maximum Gasteiger partial charge on any atom is 0.338 e. The number of carbonyl (C=O) groups excluding carboxylic acids is 1. The molecule has 0 aliphatic rings. The van der Waals surface area contributed by atoms with E-state index in [1.165, 1.54) is 12.3 Å². The van der Waals surface area contributed by atoms with Gasteiger partial charge in [0.1, 0.15) is 11.9 Å². The van der Waals surface area contributed by atoms with E-state index in [2.05, 4.69) is 4.98 Å². The molecule has 0 amide bonds. The van der Waals surface area contributed by atoms with Crippen LogP contribution in [-0.2, 0) is 4.74 Å². The number of aromatic nitrogens is 1. The van der Waals surface area contributed by atoms with Crippen LogP contribution in [0.1, 0.15) is 31.1 Å². The highest BCUT2D eigenvalue weighted by atomic mass is 16.5. The predicted molar refractivity (Wildman–Crippen MR) is 58.4 cm³/mol. The maximum atomic E-state index is 11.6. The van der Waals surface area contributed by atoms with Crippen molar-refractivity contribution in [3.8, 4) is 0 Å². The minimum atomic E-state index is -0.356. The molecule has 1 unspecified atom stereocenters. The lowest BCUT2D eigenvalue weighted by Gasteiger charge is -2.16. The lowest BCUT2D eigenvalue weighted by molar-refractivity contribution is 0.0238. The fourth-order valence-corrected chi connectivity index (χ4v) is 0.948. The van der Waals surface area contributed by atoms with Crippen molar-refractivity contribution in [1.82, 2.24) is 4.98 Å². The summed E-state index contributed by atoms with van der Waals surface area (Å²) in [5, 5.41) is 0. The summed E-state index contributed by atoms with van der Waals surface area (Å²) in [6, 6.07) is 3.10. The fraction of sp³-hybridized carbons (Fsp3) is 0.455. The first-order valence-corrected chi connectivity index (χ1v) is 4.93. The molecule has 0 aliphatic heterocycles. The van der Waals surface area contributed by atoms with Gasteiger partial charge in [-0.2, -0.15) is 0 Å². The Labute approximate surface area is 89.5 Å². The standard InChI is InChI=1S/C11H16N2O2/c1-7(2)8(3)15-11(14)9-4-5-13-10(12)6-9/h4-8H,1-3H3,(H2,12,13). The molecule has 0 aromatic carbocycles. The zero-order valence-corrected chi connectivity index (χ0v) is 9.23. The number of anilines is 1. The quantitative estimate of drug-likeness (QED) is 0.770. The number of ether oxygens (including phenoxy) is 1. The van der Waals surface area contributed by atoms with Gasteiger partial charge in [0.25, 0.3) is 0 Å². The molecule has 15 heavy (non-hydrogen) atoms. The summed E-state index contributed by atoms with van der Waals surface area (Å²) in [7, 11) is 0. The van der Waals surface area contributed by atoms with Crippen LogP contribution in [0.15, 0.2) is 18.3 Å². The van der Waals surface area contributed by atoms with Crippen LogP contribution in [0.5, 0.6) is 0 Å². The van der Waals surface area contributed by atoms with Crippen LogP contribution in [0.4, 0.5) is 5.82 Å². The maximum absolute atomic E-state index is 11.6. The molecule has 0 saturated carbocycles. The van der Waals surface area contributed by atoms with E-state index in [1.54, 1.807) is 6.07 Å². The zero-order chi connectivity index (χ0) is 11.4. The minimum Gasteiger partial charge on any atom is -0.459 e. The molecule has 2 N–H and O–H groups in total. The van der Waals surface area contributed by atoms with Gasteiger partial charge in [-0.3, -0.25) is 0 Å². The van der Waals surface area contributed by atoms with Gasteiger partial charge in [-0.05, 0) is 25.0 Å². The summed E-state index contributed by atoms with van der Waals surface area (Å²) in [5.74, 6) is 0.264. The topological polar surface area (TPSA) is 65.2 Å². The van der Waals surface area contributed by atoms with Crippen LogP contribution in [0.25, 0.3) is 0 Å². The summed E-state index contributed by atoms with van der Waals surface area (Å²) < 4.78 is 5.23. The third kappa shape index (κ3) is 3.23. The van der Waals surface area contributed by atoms with E-state index in [0.29, 0.717) is 17.3 Å². The van der Waals surface area contributed by atoms with Crippen molar-refractivity contribution in [2.45, 2.75) is 26.9 Å². The molecular formula is C11H16N2O2. The smallest absolute Gasteiger partial charge is 0.338 e. The average Bonchev–Trinajstić information content (AvgIpc) is 2.17. The molecule has 1 atom stereocenters. The average molecular weight is 208 g/mol. The van der Waals surface area contributed by atoms with Crippen molar-refractivity contribution >= 4 is 11.8 Å². The number of carbonyl (C=O) groups is 1. The normalized spacial score (nSPS) is 12.5. The molecule has 0 saturated heterocycles. The molecule has 1 aromatic rings. The number of nitrogen functional groups attached to an aromatic ring is 1. The summed E-state index contributed by atoms with van der Waals surface area (Å²) >= 11 is 0. The Bertz CT molecular complexity index is 350. The summed E-state index contributed by atoms with van der Waals surface area (Å²) in [6.07, 6.45) is 1.39. The Kier molecular flexibility index (Phi) is 3.66. The first-order chi connectivity index (χ1) is 7.00. The largest absolute Gasteiger partial charge is 0.459 e. The number of esters is 1. The van der Waals surface area contributed by atoms with Crippen LogP contribution in [0, 0.1) is 5.92 Å². The monoisotopic (exact) mass is 208 g/mol. The van der Waals surface area contributed by atoms with Crippen LogP contribution >= 0.6 is 0 Å². The van der Waals surface area contributed by atoms with Crippen LogP contribution in [0.3, 0.4) is 0 Å². The summed E-state index contributed by atoms with van der Waals surface area (Å²) in [4.78, 5) is 15.4. The summed E-state index contributed by atoms with van der Waals surface area (Å²) in [6.45, 7) is 5.87. The number of hydrogen-bond donors (Lipinski definition) is 1. The molecule has 0 aliphatic carbocycles. The van der Waals surface area contributed by atoms with Crippen molar-refractivity contribution in [1.29, 1.82) is 0 Å². The molecule has 1 aromatic heterocycles. The van der Waals surface area contributed by atoms with Gasteiger partial charge in [0, 0.05) is 6.20 Å². The predicted octanol–water partition coefficient (Wildman–Crippen LogP) is 1.87. The molecule has 0 radical (unpaired) electrons. The molecule has 0 spiro atoms. The zero-order valence-electron chi connectivity index (χ0n) is 9.23. The van der Waals surface area contributed by atoms with Gasteiger partial charge in [0.05, 0.1) is 5.56 Å². The van der Waals surface area contributed by atoms with E-state index in [0.717, 1.165) is 0 Å². The molecule has 0 bridgehead atoms. The van der Waals surface area contributed by atoms with Gasteiger partial charge >= 0.3 is 5.97 Å². The first kappa shape index (κ1) is 11.5. The van der Waals surface area contributed by atoms with Gasteiger partial charge in [-0.15, -0.1) is 0 Å². The second-order valence-corrected chi connectivity index (χ2v) is 3.82. The van der Waals surface area contributed by atoms with Crippen molar-refractivity contribution in [3.63, 3.8) is 0 Å². The van der Waals surface area contributed by atoms with Crippen molar-refractivity contribution in [2.75, 3.05) is 5.73 Å². The van der Waals surface area contributed by atoms with E-state index in [-0.39, 0.29) is 12.1 Å². The number of nitrogens with two attached hydrogens (primary N) is 1. The summed E-state index contributed by atoms with van der Waals surface area (Å²) in [5.41, 5.74) is 5.91. The Morgan fingerprint density at radius 3 is 2.67 bits per heavy atom. The van der Waals surface area contributed by atoms with E-state index in [1.807, 2.05) is 20.8 Å². The molecule has 82 valence electrons. The number of nitrogens with zero attached hydrogens (tertiary/aromatic N) is 1. The highest BCUT2D eigenvalue weighted by Crippen LogP contribution is 2.10. The highest BCUT2D eigenvalue weighted by molar-refractivity contribution is 5.90. The second-order valence-electron chi connectivity index (χ2n) is 3.82. The number of hydrogen-bond acceptors (Lipinski definition) is 4. The molecule has 4 heteroatoms. The molecule has 0 fully saturated rings. The lowest BCUT2D eigenvalue weighted by atomic mass is 10.1. The third-order valence-corrected chi connectivity index (χ3v) is 2.25. The second kappa shape index (κ2) is 4.77. The van der Waals surface area contributed by atoms with Gasteiger partial charge < -0.3 is 10.5 Å². The third-order valence-electron chi connectivity index (χ3n) is 2.25. The van der Waals surface area contributed by atoms with Gasteiger partial charge in [0.2, 0.25) is 0 Å². The molecule has 1 heterocycles. The van der Waals surface area contributed by atoms with Crippen molar-refractivity contribution < 1.29 is 9.53 Å². The Balaban J connectivity index is 2.69. The first-order valence-electron chi connectivity index (χ1n) is 4.93. The Morgan fingerprint density at radius 2 is 2.13 bits per heavy atom. The van der Waals surface area contributed by atoms with Gasteiger partial charge in [0.15, 0.2) is 0 Å². The fourth-order valence-electron chi connectivity index (χ4n) is 0.948. The lowest BCUT2D eigenvalue weighted by Crippen LogP contribution is -2.20. The highest BCUT2D eigenvalue weighted by Gasteiger charge is 2.14. The molecule has 1 rings (SSSR count). The van der Waals surface area contributed by atoms with Crippen LogP contribution in [-0.4, -0.2) is 17.1 Å². The van der Waals surface area contributed by atoms with E-state index in [9.17, 15) is 4.79 Å². The van der Waals surface area contributed by atoms with E-state index in [4.69, 9.17) is 10.5 Å². The van der Waals surface area contributed by atoms with Crippen molar-refractivity contribution in [3.05, 3.63) is 23.9 Å². The number of pyridine rings is 1. The van der Waals surface area contributed by atoms with Gasteiger partial charge in [-0.1, -0.05) is 13.8 Å². The van der Waals surface area contributed by atoms with Gasteiger partial charge in [-0.25, -0.2) is 9.78 Å². The van der Waals surface area contributed by atoms with E-state index < -0.39 is 0 Å². The van der Waals surface area contributed by atoms with Crippen LogP contribution in [0.2, 0.25) is 0 Å². The van der Waals surface area contributed by atoms with Crippen molar-refractivity contribution in [2.24, 2.45) is 5.92 Å². The Morgan fingerprint density at radius 1 is 1.47 bits per heavy atom. The SMILES string of the molecule is CC(C)C(C)OC(=O)c1ccnc(N)c1.